The summed E-state index contributed by atoms with van der Waals surface area (Å²) < 4.78 is 16.8. The lowest BCUT2D eigenvalue weighted by molar-refractivity contribution is -0.167. The average Bonchev–Trinajstić information content (AvgIpc) is 3.28. The largest absolute Gasteiger partial charge is 0.462 e. The number of esters is 3. The number of unbranched alkanes of at least 4 members (excludes halogenated alkanes) is 33. The lowest BCUT2D eigenvalue weighted by Crippen LogP contribution is -2.30. The number of allylic oxidation sites excluding steroid dienone is 6. The second-order valence-electron chi connectivity index (χ2n) is 18.5. The minimum Gasteiger partial charge on any atom is -0.462 e. The maximum atomic E-state index is 12.8. The van der Waals surface area contributed by atoms with Crippen molar-refractivity contribution in [3.63, 3.8) is 0 Å². The van der Waals surface area contributed by atoms with Gasteiger partial charge in [-0.1, -0.05) is 231 Å². The molecule has 0 aliphatic heterocycles. The van der Waals surface area contributed by atoms with E-state index in [4.69, 9.17) is 14.2 Å². The number of hydrogen-bond donors (Lipinski definition) is 0. The van der Waals surface area contributed by atoms with Crippen LogP contribution in [0.4, 0.5) is 0 Å². The highest BCUT2D eigenvalue weighted by molar-refractivity contribution is 5.71. The molecule has 0 fully saturated rings. The summed E-state index contributed by atoms with van der Waals surface area (Å²) in [5, 5.41) is 0. The number of rotatable bonds is 50. The molecule has 0 aromatic rings. The van der Waals surface area contributed by atoms with Crippen LogP contribution in [0.1, 0.15) is 290 Å². The smallest absolute Gasteiger partial charge is 0.306 e. The van der Waals surface area contributed by atoms with Crippen molar-refractivity contribution in [3.8, 4) is 0 Å². The Morgan fingerprint density at radius 3 is 0.921 bits per heavy atom. The second kappa shape index (κ2) is 52.3. The maximum Gasteiger partial charge on any atom is 0.306 e. The third-order valence-corrected chi connectivity index (χ3v) is 12.1. The van der Waals surface area contributed by atoms with Crippen LogP contribution in [0.2, 0.25) is 0 Å². The Kier molecular flexibility index (Phi) is 50.3. The van der Waals surface area contributed by atoms with Gasteiger partial charge in [-0.15, -0.1) is 0 Å². The minimum atomic E-state index is -0.779. The molecule has 0 radical (unpaired) electrons. The van der Waals surface area contributed by atoms with E-state index < -0.39 is 6.10 Å². The first-order valence-electron chi connectivity index (χ1n) is 27.5. The van der Waals surface area contributed by atoms with Crippen LogP contribution in [0.15, 0.2) is 36.5 Å². The molecule has 0 aliphatic carbocycles. The van der Waals surface area contributed by atoms with E-state index >= 15 is 0 Å². The van der Waals surface area contributed by atoms with E-state index in [1.54, 1.807) is 0 Å². The molecular weight excluding hydrogens is 781 g/mol. The molecule has 0 saturated carbocycles. The molecule has 0 aromatic heterocycles. The first-order chi connectivity index (χ1) is 31.0. The molecule has 0 amide bonds. The molecule has 0 aliphatic rings. The van der Waals surface area contributed by atoms with Gasteiger partial charge < -0.3 is 14.2 Å². The normalized spacial score (nSPS) is 12.2. The van der Waals surface area contributed by atoms with Crippen molar-refractivity contribution in [1.29, 1.82) is 0 Å². The average molecular weight is 885 g/mol. The molecule has 1 unspecified atom stereocenters. The second-order valence-corrected chi connectivity index (χ2v) is 18.5. The van der Waals surface area contributed by atoms with Crippen LogP contribution in [0.3, 0.4) is 0 Å². The molecule has 1 atom stereocenters. The Labute approximate surface area is 391 Å². The van der Waals surface area contributed by atoms with Gasteiger partial charge in [-0.3, -0.25) is 14.4 Å². The number of ether oxygens (including phenoxy) is 3. The van der Waals surface area contributed by atoms with Gasteiger partial charge in [-0.2, -0.15) is 0 Å². The molecular formula is C57H104O6. The van der Waals surface area contributed by atoms with Crippen molar-refractivity contribution in [2.75, 3.05) is 13.2 Å². The summed E-state index contributed by atoms with van der Waals surface area (Å²) in [5.41, 5.74) is 0. The zero-order valence-corrected chi connectivity index (χ0v) is 42.1. The molecule has 0 rings (SSSR count). The van der Waals surface area contributed by atoms with Gasteiger partial charge in [0.1, 0.15) is 13.2 Å². The summed E-state index contributed by atoms with van der Waals surface area (Å²) in [4.78, 5) is 38.0. The fourth-order valence-electron chi connectivity index (χ4n) is 7.94. The van der Waals surface area contributed by atoms with Crippen LogP contribution in [0.5, 0.6) is 0 Å². The van der Waals surface area contributed by atoms with Crippen molar-refractivity contribution < 1.29 is 28.6 Å². The highest BCUT2D eigenvalue weighted by atomic mass is 16.6. The van der Waals surface area contributed by atoms with Gasteiger partial charge in [-0.25, -0.2) is 0 Å². The molecule has 0 aromatic carbocycles. The Bertz CT molecular complexity index is 1060. The highest BCUT2D eigenvalue weighted by Crippen LogP contribution is 2.16. The van der Waals surface area contributed by atoms with Crippen LogP contribution in [0.25, 0.3) is 0 Å². The molecule has 0 saturated heterocycles. The predicted molar refractivity (Wildman–Crippen MR) is 270 cm³/mol. The predicted octanol–water partition coefficient (Wildman–Crippen LogP) is 18.1. The molecule has 6 nitrogen and oxygen atoms in total. The minimum absolute atomic E-state index is 0.0773. The summed E-state index contributed by atoms with van der Waals surface area (Å²) in [5.74, 6) is -0.887. The Balaban J connectivity index is 4.34. The van der Waals surface area contributed by atoms with E-state index in [1.807, 2.05) is 0 Å². The summed E-state index contributed by atoms with van der Waals surface area (Å²) >= 11 is 0. The van der Waals surface area contributed by atoms with Gasteiger partial charge in [0.25, 0.3) is 0 Å². The number of carbonyl (C=O) groups is 3. The van der Waals surface area contributed by atoms with Crippen molar-refractivity contribution in [2.45, 2.75) is 297 Å². The molecule has 63 heavy (non-hydrogen) atoms. The molecule has 6 heteroatoms. The van der Waals surface area contributed by atoms with Crippen LogP contribution in [0, 0.1) is 0 Å². The zero-order valence-electron chi connectivity index (χ0n) is 42.1. The third kappa shape index (κ3) is 50.5. The third-order valence-electron chi connectivity index (χ3n) is 12.1. The first kappa shape index (κ1) is 60.6. The van der Waals surface area contributed by atoms with E-state index in [0.717, 1.165) is 89.9 Å². The molecule has 0 spiro atoms. The lowest BCUT2D eigenvalue weighted by Gasteiger charge is -2.18. The van der Waals surface area contributed by atoms with E-state index in [0.29, 0.717) is 19.3 Å². The van der Waals surface area contributed by atoms with Gasteiger partial charge in [0.2, 0.25) is 0 Å². The molecule has 0 heterocycles. The van der Waals surface area contributed by atoms with E-state index in [2.05, 4.69) is 57.2 Å². The fraction of sp³-hybridized carbons (Fsp3) is 0.842. The van der Waals surface area contributed by atoms with Crippen LogP contribution < -0.4 is 0 Å². The Morgan fingerprint density at radius 2 is 0.571 bits per heavy atom. The van der Waals surface area contributed by atoms with E-state index in [-0.39, 0.29) is 31.1 Å². The highest BCUT2D eigenvalue weighted by Gasteiger charge is 2.19. The number of carbonyl (C=O) groups excluding carboxylic acids is 3. The quantitative estimate of drug-likeness (QED) is 0.0262. The van der Waals surface area contributed by atoms with E-state index in [9.17, 15) is 14.4 Å². The number of hydrogen-bond acceptors (Lipinski definition) is 6. The monoisotopic (exact) mass is 885 g/mol. The fourth-order valence-corrected chi connectivity index (χ4v) is 7.94. The lowest BCUT2D eigenvalue weighted by atomic mass is 10.0. The summed E-state index contributed by atoms with van der Waals surface area (Å²) in [6.07, 6.45) is 61.3. The van der Waals surface area contributed by atoms with Crippen LogP contribution in [-0.4, -0.2) is 37.2 Å². The van der Waals surface area contributed by atoms with Crippen molar-refractivity contribution in [2.24, 2.45) is 0 Å². The summed E-state index contributed by atoms with van der Waals surface area (Å²) in [6, 6.07) is 0. The first-order valence-corrected chi connectivity index (χ1v) is 27.5. The maximum absolute atomic E-state index is 12.8. The zero-order chi connectivity index (χ0) is 45.8. The summed E-state index contributed by atoms with van der Waals surface area (Å²) in [6.45, 7) is 6.60. The van der Waals surface area contributed by atoms with E-state index in [1.165, 1.54) is 161 Å². The standard InChI is InChI=1S/C57H104O6/c1-4-7-10-13-16-19-22-25-27-28-29-31-32-35-38-41-44-47-50-56(59)62-53-54(52-61-55(58)49-46-43-40-37-34-24-21-18-15-12-9-6-3)63-57(60)51-48-45-42-39-36-33-30-26-23-20-17-14-11-8-5-2/h17-18,20-21,26,30,54H,4-16,19,22-25,27-29,31-53H2,1-3H3/b20-17-,21-18-,30-26-. The molecule has 368 valence electrons. The Morgan fingerprint density at radius 1 is 0.317 bits per heavy atom. The van der Waals surface area contributed by atoms with Crippen molar-refractivity contribution in [1.82, 2.24) is 0 Å². The van der Waals surface area contributed by atoms with Gasteiger partial charge in [0.15, 0.2) is 6.10 Å². The Hall–Kier alpha value is -2.37. The van der Waals surface area contributed by atoms with Crippen molar-refractivity contribution >= 4 is 17.9 Å². The SMILES string of the molecule is CCCCC/C=C\C/C=C\CCCCCCCC(=O)OC(COC(=O)CCCCCCC/C=C\CCCCC)COC(=O)CCCCCCCCCCCCCCCCCCCC. The molecule has 0 N–H and O–H groups in total. The van der Waals surface area contributed by atoms with Gasteiger partial charge in [0.05, 0.1) is 0 Å². The topological polar surface area (TPSA) is 78.9 Å². The van der Waals surface area contributed by atoms with Crippen molar-refractivity contribution in [3.05, 3.63) is 36.5 Å². The van der Waals surface area contributed by atoms with Gasteiger partial charge in [0, 0.05) is 19.3 Å². The molecule has 0 bridgehead atoms. The van der Waals surface area contributed by atoms with Crippen LogP contribution in [-0.2, 0) is 28.6 Å². The summed E-state index contributed by atoms with van der Waals surface area (Å²) in [7, 11) is 0. The van der Waals surface area contributed by atoms with Gasteiger partial charge in [-0.05, 0) is 77.0 Å². The van der Waals surface area contributed by atoms with Gasteiger partial charge >= 0.3 is 17.9 Å². The van der Waals surface area contributed by atoms with Crippen LogP contribution >= 0.6 is 0 Å².